The van der Waals surface area contributed by atoms with Crippen LogP contribution in [0.2, 0.25) is 0 Å². The molecule has 12 rings (SSSR count). The van der Waals surface area contributed by atoms with Crippen molar-refractivity contribution in [2.75, 3.05) is 0 Å². The van der Waals surface area contributed by atoms with Gasteiger partial charge < -0.3 is 4.42 Å². The molecule has 0 atom stereocenters. The zero-order valence-corrected chi connectivity index (χ0v) is 35.5. The fourth-order valence-corrected chi connectivity index (χ4v) is 9.76. The Hall–Kier alpha value is -8.21. The summed E-state index contributed by atoms with van der Waals surface area (Å²) in [4.78, 5) is 15.5. The summed E-state index contributed by atoms with van der Waals surface area (Å²) < 4.78 is 6.54. The van der Waals surface area contributed by atoms with Crippen LogP contribution in [0.4, 0.5) is 0 Å². The molecular formula is C60H41N3O. The minimum atomic E-state index is -0.0909. The van der Waals surface area contributed by atoms with Gasteiger partial charge in [-0.1, -0.05) is 208 Å². The summed E-state index contributed by atoms with van der Waals surface area (Å²) in [5.74, 6) is 1.80. The molecule has 302 valence electrons. The van der Waals surface area contributed by atoms with Gasteiger partial charge >= 0.3 is 0 Å². The van der Waals surface area contributed by atoms with Gasteiger partial charge in [0.05, 0.1) is 0 Å². The number of furan rings is 1. The van der Waals surface area contributed by atoms with Crippen molar-refractivity contribution in [2.45, 2.75) is 19.3 Å². The monoisotopic (exact) mass is 819 g/mol. The molecule has 0 saturated heterocycles. The molecule has 1 aliphatic rings. The molecule has 2 aromatic heterocycles. The van der Waals surface area contributed by atoms with Crippen molar-refractivity contribution in [2.24, 2.45) is 0 Å². The van der Waals surface area contributed by atoms with E-state index in [0.717, 1.165) is 72.0 Å². The van der Waals surface area contributed by atoms with E-state index in [1.54, 1.807) is 0 Å². The lowest BCUT2D eigenvalue weighted by molar-refractivity contribution is 0.662. The topological polar surface area (TPSA) is 51.8 Å². The molecule has 4 heteroatoms. The van der Waals surface area contributed by atoms with E-state index in [4.69, 9.17) is 19.4 Å². The van der Waals surface area contributed by atoms with Crippen molar-refractivity contribution < 1.29 is 4.42 Å². The predicted molar refractivity (Wildman–Crippen MR) is 263 cm³/mol. The van der Waals surface area contributed by atoms with Crippen LogP contribution in [-0.2, 0) is 5.41 Å². The molecule has 9 aromatic carbocycles. The maximum Gasteiger partial charge on any atom is 0.164 e. The first-order valence-electron chi connectivity index (χ1n) is 21.8. The van der Waals surface area contributed by atoms with E-state index < -0.39 is 0 Å². The van der Waals surface area contributed by atoms with Crippen molar-refractivity contribution in [3.05, 3.63) is 223 Å². The first-order chi connectivity index (χ1) is 31.5. The van der Waals surface area contributed by atoms with Crippen molar-refractivity contribution in [1.82, 2.24) is 15.0 Å². The standard InChI is InChI=1S/C60H41N3O/c1-60(2)52-21-10-9-17-48(52)49-19-11-18-47(56(49)60)43-29-23-42(24-30-43)46-35-36-53-51(37-46)55-50(20-12-22-54(55)64-53)59-62-57(44-31-25-40(26-32-44)38-13-5-3-6-14-38)61-58(63-59)45-33-27-41(28-34-45)39-15-7-4-8-16-39/h3-37H,1-2H3. The molecule has 0 spiro atoms. The largest absolute Gasteiger partial charge is 0.456 e. The highest BCUT2D eigenvalue weighted by atomic mass is 16.3. The average molecular weight is 820 g/mol. The maximum atomic E-state index is 6.54. The van der Waals surface area contributed by atoms with E-state index in [0.29, 0.717) is 17.5 Å². The number of rotatable bonds is 7. The van der Waals surface area contributed by atoms with Gasteiger partial charge in [-0.05, 0) is 85.0 Å². The lowest BCUT2D eigenvalue weighted by Crippen LogP contribution is -2.16. The Balaban J connectivity index is 0.951. The molecule has 0 N–H and O–H groups in total. The minimum absolute atomic E-state index is 0.0909. The van der Waals surface area contributed by atoms with Gasteiger partial charge in [0.1, 0.15) is 11.2 Å². The quantitative estimate of drug-likeness (QED) is 0.161. The third-order valence-corrected chi connectivity index (χ3v) is 13.0. The van der Waals surface area contributed by atoms with Gasteiger partial charge in [-0.15, -0.1) is 0 Å². The van der Waals surface area contributed by atoms with Crippen LogP contribution in [0.25, 0.3) is 112 Å². The molecule has 2 heterocycles. The lowest BCUT2D eigenvalue weighted by Gasteiger charge is -2.24. The van der Waals surface area contributed by atoms with Crippen molar-refractivity contribution in [3.8, 4) is 89.8 Å². The zero-order chi connectivity index (χ0) is 42.8. The number of aromatic nitrogens is 3. The van der Waals surface area contributed by atoms with Crippen LogP contribution in [0.15, 0.2) is 217 Å². The second kappa shape index (κ2) is 15.0. The van der Waals surface area contributed by atoms with E-state index in [-0.39, 0.29) is 5.41 Å². The van der Waals surface area contributed by atoms with Crippen molar-refractivity contribution in [1.29, 1.82) is 0 Å². The van der Waals surface area contributed by atoms with Crippen molar-refractivity contribution in [3.63, 3.8) is 0 Å². The summed E-state index contributed by atoms with van der Waals surface area (Å²) in [5, 5.41) is 1.98. The van der Waals surface area contributed by atoms with E-state index >= 15 is 0 Å². The minimum Gasteiger partial charge on any atom is -0.456 e. The Labute approximate surface area is 372 Å². The van der Waals surface area contributed by atoms with Crippen LogP contribution in [-0.4, -0.2) is 15.0 Å². The van der Waals surface area contributed by atoms with E-state index in [1.807, 2.05) is 24.3 Å². The van der Waals surface area contributed by atoms with E-state index in [1.165, 1.54) is 33.4 Å². The predicted octanol–water partition coefficient (Wildman–Crippen LogP) is 15.7. The highest BCUT2D eigenvalue weighted by molar-refractivity contribution is 6.12. The molecule has 0 bridgehead atoms. The summed E-state index contributed by atoms with van der Waals surface area (Å²) in [7, 11) is 0. The molecule has 0 fully saturated rings. The van der Waals surface area contributed by atoms with Crippen LogP contribution in [0, 0.1) is 0 Å². The first-order valence-corrected chi connectivity index (χ1v) is 21.8. The maximum absolute atomic E-state index is 6.54. The highest BCUT2D eigenvalue weighted by Crippen LogP contribution is 2.52. The van der Waals surface area contributed by atoms with Gasteiger partial charge in [0.25, 0.3) is 0 Å². The van der Waals surface area contributed by atoms with Gasteiger partial charge in [-0.2, -0.15) is 0 Å². The molecule has 64 heavy (non-hydrogen) atoms. The fraction of sp³-hybridized carbons (Fsp3) is 0.0500. The normalized spacial score (nSPS) is 12.7. The summed E-state index contributed by atoms with van der Waals surface area (Å²) >= 11 is 0. The Kier molecular flexibility index (Phi) is 8.80. The van der Waals surface area contributed by atoms with Crippen LogP contribution < -0.4 is 0 Å². The Bertz CT molecular complexity index is 3430. The Morgan fingerprint density at radius 1 is 0.328 bits per heavy atom. The first kappa shape index (κ1) is 37.5. The number of fused-ring (bicyclic) bond motifs is 6. The SMILES string of the molecule is CC1(C)c2ccccc2-c2cccc(-c3ccc(-c4ccc5oc6cccc(-c7nc(-c8ccc(-c9ccccc9)cc8)nc(-c8ccc(-c9ccccc9)cc8)n7)c6c5c4)cc3)c21. The fourth-order valence-electron chi connectivity index (χ4n) is 9.76. The van der Waals surface area contributed by atoms with Crippen molar-refractivity contribution >= 4 is 21.9 Å². The van der Waals surface area contributed by atoms with Gasteiger partial charge in [0, 0.05) is 32.9 Å². The van der Waals surface area contributed by atoms with Gasteiger partial charge in [-0.3, -0.25) is 0 Å². The Morgan fingerprint density at radius 3 is 1.42 bits per heavy atom. The Morgan fingerprint density at radius 2 is 0.781 bits per heavy atom. The van der Waals surface area contributed by atoms with Crippen LogP contribution in [0.1, 0.15) is 25.0 Å². The third-order valence-electron chi connectivity index (χ3n) is 13.0. The van der Waals surface area contributed by atoms with E-state index in [2.05, 4.69) is 202 Å². The molecular weight excluding hydrogens is 779 g/mol. The molecule has 0 radical (unpaired) electrons. The molecule has 4 nitrogen and oxygen atoms in total. The average Bonchev–Trinajstić information content (AvgIpc) is 3.86. The number of hydrogen-bond donors (Lipinski definition) is 0. The lowest BCUT2D eigenvalue weighted by atomic mass is 9.79. The van der Waals surface area contributed by atoms with Gasteiger partial charge in [0.2, 0.25) is 0 Å². The van der Waals surface area contributed by atoms with Gasteiger partial charge in [-0.25, -0.2) is 15.0 Å². The number of nitrogens with zero attached hydrogens (tertiary/aromatic N) is 3. The second-order valence-corrected chi connectivity index (χ2v) is 17.2. The zero-order valence-electron chi connectivity index (χ0n) is 35.5. The molecule has 1 aliphatic carbocycles. The number of hydrogen-bond acceptors (Lipinski definition) is 4. The summed E-state index contributed by atoms with van der Waals surface area (Å²) in [6, 6.07) is 74.9. The van der Waals surface area contributed by atoms with Crippen LogP contribution >= 0.6 is 0 Å². The van der Waals surface area contributed by atoms with E-state index in [9.17, 15) is 0 Å². The van der Waals surface area contributed by atoms with Gasteiger partial charge in [0.15, 0.2) is 17.5 Å². The molecule has 0 unspecified atom stereocenters. The molecule has 11 aromatic rings. The second-order valence-electron chi connectivity index (χ2n) is 17.2. The summed E-state index contributed by atoms with van der Waals surface area (Å²) in [6.07, 6.45) is 0. The molecule has 0 amide bonds. The molecule has 0 aliphatic heterocycles. The smallest absolute Gasteiger partial charge is 0.164 e. The summed E-state index contributed by atoms with van der Waals surface area (Å²) in [6.45, 7) is 4.69. The highest BCUT2D eigenvalue weighted by Gasteiger charge is 2.37. The van der Waals surface area contributed by atoms with Crippen LogP contribution in [0.5, 0.6) is 0 Å². The molecule has 0 saturated carbocycles. The third kappa shape index (κ3) is 6.34. The summed E-state index contributed by atoms with van der Waals surface area (Å²) in [5.41, 5.74) is 19.0. The van der Waals surface area contributed by atoms with Crippen LogP contribution in [0.3, 0.4) is 0 Å². The number of benzene rings is 9.